The molecule has 0 aliphatic carbocycles. The fourth-order valence-corrected chi connectivity index (χ4v) is 2.53. The second kappa shape index (κ2) is 13.2. The van der Waals surface area contributed by atoms with Gasteiger partial charge in [0.2, 0.25) is 6.79 Å². The van der Waals surface area contributed by atoms with Crippen LogP contribution in [0.3, 0.4) is 0 Å². The number of benzene rings is 1. The first kappa shape index (κ1) is 22.0. The van der Waals surface area contributed by atoms with E-state index in [2.05, 4.69) is 19.9 Å². The third-order valence-corrected chi connectivity index (χ3v) is 3.86. The molecular formula is C19H34O5Si. The summed E-state index contributed by atoms with van der Waals surface area (Å²) >= 11 is 0. The number of unbranched alkanes of at least 4 members (excludes halogenated alkanes) is 1. The lowest BCUT2D eigenvalue weighted by molar-refractivity contribution is 0.0101. The zero-order valence-electron chi connectivity index (χ0n) is 15.0. The van der Waals surface area contributed by atoms with Gasteiger partial charge >= 0.3 is 0 Å². The zero-order chi connectivity index (χ0) is 17.0. The Bertz CT molecular complexity index is 481. The fraction of sp³-hybridized carbons (Fsp3) is 0.684. The van der Waals surface area contributed by atoms with Gasteiger partial charge in [-0.15, -0.1) is 0 Å². The molecule has 0 N–H and O–H groups in total. The molecule has 0 bridgehead atoms. The maximum atomic E-state index is 5.75. The van der Waals surface area contributed by atoms with Crippen LogP contribution in [0.25, 0.3) is 0 Å². The highest BCUT2D eigenvalue weighted by atomic mass is 28.1. The van der Waals surface area contributed by atoms with E-state index in [0.717, 1.165) is 43.8 Å². The Balaban J connectivity index is 0.00000312. The molecule has 0 fully saturated rings. The van der Waals surface area contributed by atoms with Crippen molar-refractivity contribution < 1.29 is 23.7 Å². The van der Waals surface area contributed by atoms with Crippen molar-refractivity contribution in [3.05, 3.63) is 23.3 Å². The summed E-state index contributed by atoms with van der Waals surface area (Å²) in [4.78, 5) is 0. The average Bonchev–Trinajstić information content (AvgIpc) is 3.04. The summed E-state index contributed by atoms with van der Waals surface area (Å²) in [5.74, 6) is 1.66. The van der Waals surface area contributed by atoms with Gasteiger partial charge in [-0.3, -0.25) is 0 Å². The summed E-state index contributed by atoms with van der Waals surface area (Å²) in [5.41, 5.74) is 2.44. The standard InChI is InChI=1S/C19H30O5.H4Si/c1-3-5-7-20-8-9-21-10-11-22-14-17-13-19-18(23-15-24-19)12-16(17)6-4-2;/h12-13H,3-11,14-15H2,1-2H3;1H4. The number of rotatable bonds is 13. The van der Waals surface area contributed by atoms with E-state index in [9.17, 15) is 0 Å². The van der Waals surface area contributed by atoms with Crippen LogP contribution in [0.4, 0.5) is 0 Å². The van der Waals surface area contributed by atoms with Crippen LogP contribution in [0.2, 0.25) is 0 Å². The van der Waals surface area contributed by atoms with E-state index in [0.29, 0.717) is 39.8 Å². The molecule has 0 radical (unpaired) electrons. The monoisotopic (exact) mass is 370 g/mol. The molecule has 1 heterocycles. The lowest BCUT2D eigenvalue weighted by atomic mass is 10.0. The molecule has 2 rings (SSSR count). The molecule has 144 valence electrons. The average molecular weight is 371 g/mol. The van der Waals surface area contributed by atoms with Gasteiger partial charge < -0.3 is 23.7 Å². The van der Waals surface area contributed by atoms with Gasteiger partial charge in [0.15, 0.2) is 11.5 Å². The summed E-state index contributed by atoms with van der Waals surface area (Å²) in [7, 11) is 0. The number of fused-ring (bicyclic) bond motifs is 1. The van der Waals surface area contributed by atoms with Crippen LogP contribution in [0.5, 0.6) is 11.5 Å². The highest BCUT2D eigenvalue weighted by Gasteiger charge is 2.16. The Morgan fingerprint density at radius 1 is 0.800 bits per heavy atom. The number of aryl methyl sites for hydroxylation is 1. The highest BCUT2D eigenvalue weighted by Crippen LogP contribution is 2.35. The predicted molar refractivity (Wildman–Crippen MR) is 104 cm³/mol. The molecule has 0 amide bonds. The number of ether oxygens (including phenoxy) is 5. The molecule has 0 atom stereocenters. The lowest BCUT2D eigenvalue weighted by Gasteiger charge is -2.11. The molecular weight excluding hydrogens is 336 g/mol. The van der Waals surface area contributed by atoms with Crippen molar-refractivity contribution >= 4 is 11.0 Å². The van der Waals surface area contributed by atoms with Gasteiger partial charge in [-0.25, -0.2) is 0 Å². The van der Waals surface area contributed by atoms with Crippen LogP contribution in [-0.4, -0.2) is 50.8 Å². The molecule has 0 saturated carbocycles. The quantitative estimate of drug-likeness (QED) is 0.394. The molecule has 0 spiro atoms. The minimum Gasteiger partial charge on any atom is -0.454 e. The SMILES string of the molecule is CCCCOCCOCCOCc1cc2c(cc1CCC)OCO2.[SiH4]. The van der Waals surface area contributed by atoms with E-state index in [1.54, 1.807) is 0 Å². The van der Waals surface area contributed by atoms with Crippen LogP contribution >= 0.6 is 0 Å². The second-order valence-corrected chi connectivity index (χ2v) is 5.86. The minimum absolute atomic E-state index is 0. The van der Waals surface area contributed by atoms with E-state index < -0.39 is 0 Å². The second-order valence-electron chi connectivity index (χ2n) is 5.86. The van der Waals surface area contributed by atoms with Crippen LogP contribution in [0.1, 0.15) is 44.2 Å². The van der Waals surface area contributed by atoms with E-state index >= 15 is 0 Å². The fourth-order valence-electron chi connectivity index (χ4n) is 2.53. The van der Waals surface area contributed by atoms with E-state index in [1.165, 1.54) is 11.1 Å². The third kappa shape index (κ3) is 7.77. The van der Waals surface area contributed by atoms with Gasteiger partial charge in [-0.05, 0) is 47.1 Å². The molecule has 0 saturated heterocycles. The molecule has 5 nitrogen and oxygen atoms in total. The summed E-state index contributed by atoms with van der Waals surface area (Å²) in [6.45, 7) is 8.47. The molecule has 1 aliphatic rings. The lowest BCUT2D eigenvalue weighted by Crippen LogP contribution is -2.10. The van der Waals surface area contributed by atoms with E-state index in [-0.39, 0.29) is 11.0 Å². The van der Waals surface area contributed by atoms with Crippen molar-refractivity contribution in [1.82, 2.24) is 0 Å². The van der Waals surface area contributed by atoms with Gasteiger partial charge in [-0.1, -0.05) is 26.7 Å². The summed E-state index contributed by atoms with van der Waals surface area (Å²) in [6.07, 6.45) is 4.38. The van der Waals surface area contributed by atoms with Crippen LogP contribution < -0.4 is 9.47 Å². The first-order valence-corrected chi connectivity index (χ1v) is 8.99. The van der Waals surface area contributed by atoms with Gasteiger partial charge in [0.1, 0.15) is 0 Å². The first-order valence-electron chi connectivity index (χ1n) is 8.99. The van der Waals surface area contributed by atoms with Crippen LogP contribution in [-0.2, 0) is 27.2 Å². The molecule has 0 aromatic heterocycles. The molecule has 1 aromatic carbocycles. The summed E-state index contributed by atoms with van der Waals surface area (Å²) < 4.78 is 27.6. The highest BCUT2D eigenvalue weighted by molar-refractivity contribution is 5.75. The smallest absolute Gasteiger partial charge is 0.231 e. The maximum absolute atomic E-state index is 5.75. The molecule has 1 aromatic rings. The Kier molecular flexibility index (Phi) is 11.6. The maximum Gasteiger partial charge on any atom is 0.231 e. The number of hydrogen-bond donors (Lipinski definition) is 0. The zero-order valence-corrected chi connectivity index (χ0v) is 15.0. The molecule has 6 heteroatoms. The largest absolute Gasteiger partial charge is 0.454 e. The molecule has 1 aliphatic heterocycles. The van der Waals surface area contributed by atoms with Gasteiger partial charge in [0.25, 0.3) is 0 Å². The van der Waals surface area contributed by atoms with Gasteiger partial charge in [0.05, 0.1) is 33.0 Å². The summed E-state index contributed by atoms with van der Waals surface area (Å²) in [5, 5.41) is 0. The Morgan fingerprint density at radius 2 is 1.40 bits per heavy atom. The molecule has 25 heavy (non-hydrogen) atoms. The van der Waals surface area contributed by atoms with Crippen LogP contribution in [0, 0.1) is 0 Å². The van der Waals surface area contributed by atoms with Crippen molar-refractivity contribution in [1.29, 1.82) is 0 Å². The van der Waals surface area contributed by atoms with Crippen molar-refractivity contribution in [2.75, 3.05) is 39.8 Å². The van der Waals surface area contributed by atoms with Crippen molar-refractivity contribution in [3.8, 4) is 11.5 Å². The number of hydrogen-bond acceptors (Lipinski definition) is 5. The summed E-state index contributed by atoms with van der Waals surface area (Å²) in [6, 6.07) is 4.12. The van der Waals surface area contributed by atoms with E-state index in [4.69, 9.17) is 23.7 Å². The van der Waals surface area contributed by atoms with Gasteiger partial charge in [0, 0.05) is 6.61 Å². The Morgan fingerprint density at radius 3 is 2.04 bits per heavy atom. The van der Waals surface area contributed by atoms with Crippen molar-refractivity contribution in [3.63, 3.8) is 0 Å². The first-order chi connectivity index (χ1) is 11.8. The minimum atomic E-state index is 0. The predicted octanol–water partition coefficient (Wildman–Crippen LogP) is 2.27. The molecule has 0 unspecified atom stereocenters. The topological polar surface area (TPSA) is 46.2 Å². The van der Waals surface area contributed by atoms with Crippen molar-refractivity contribution in [2.24, 2.45) is 0 Å². The Labute approximate surface area is 156 Å². The van der Waals surface area contributed by atoms with E-state index in [1.807, 2.05) is 6.07 Å². The normalized spacial score (nSPS) is 12.2. The van der Waals surface area contributed by atoms with Gasteiger partial charge in [-0.2, -0.15) is 0 Å². The van der Waals surface area contributed by atoms with Crippen molar-refractivity contribution in [2.45, 2.75) is 46.1 Å². The Hall–Kier alpha value is -1.08. The third-order valence-electron chi connectivity index (χ3n) is 3.86. The van der Waals surface area contributed by atoms with Crippen LogP contribution in [0.15, 0.2) is 12.1 Å².